The van der Waals surface area contributed by atoms with Crippen molar-refractivity contribution in [3.05, 3.63) is 0 Å². The highest BCUT2D eigenvalue weighted by Gasteiger charge is 2.15. The normalized spacial score (nSPS) is 18.4. The fourth-order valence-corrected chi connectivity index (χ4v) is 5.62. The molecular weight excluding hydrogens is 336 g/mol. The molecule has 0 spiro atoms. The van der Waals surface area contributed by atoms with Gasteiger partial charge in [-0.3, -0.25) is 0 Å². The predicted molar refractivity (Wildman–Crippen MR) is 131 cm³/mol. The first-order valence-corrected chi connectivity index (χ1v) is 13.3. The third-order valence-electron chi connectivity index (χ3n) is 6.94. The van der Waals surface area contributed by atoms with E-state index in [2.05, 4.69) is 55.4 Å². The van der Waals surface area contributed by atoms with E-state index < -0.39 is 0 Å². The van der Waals surface area contributed by atoms with Gasteiger partial charge in [-0.15, -0.1) is 0 Å². The predicted octanol–water partition coefficient (Wildman–Crippen LogP) is 10.3. The van der Waals surface area contributed by atoms with Gasteiger partial charge in [0.1, 0.15) is 0 Å². The van der Waals surface area contributed by atoms with Crippen molar-refractivity contribution in [1.29, 1.82) is 0 Å². The molecule has 0 nitrogen and oxygen atoms in total. The molecule has 0 saturated carbocycles. The first-order valence-electron chi connectivity index (χ1n) is 13.3. The molecule has 0 aromatic rings. The minimum absolute atomic E-state index is 0.906. The average Bonchev–Trinajstić information content (AvgIpc) is 2.59. The van der Waals surface area contributed by atoms with Crippen molar-refractivity contribution in [3.8, 4) is 0 Å². The lowest BCUT2D eigenvalue weighted by atomic mass is 9.83. The van der Waals surface area contributed by atoms with Gasteiger partial charge in [0, 0.05) is 0 Å². The van der Waals surface area contributed by atoms with E-state index in [4.69, 9.17) is 0 Å². The van der Waals surface area contributed by atoms with Crippen LogP contribution in [0.3, 0.4) is 0 Å². The monoisotopic (exact) mass is 394 g/mol. The van der Waals surface area contributed by atoms with Gasteiger partial charge in [0.2, 0.25) is 0 Å². The van der Waals surface area contributed by atoms with Crippen LogP contribution in [0.1, 0.15) is 145 Å². The van der Waals surface area contributed by atoms with Crippen LogP contribution in [0.4, 0.5) is 0 Å². The molecule has 0 aliphatic heterocycles. The minimum atomic E-state index is 0.906. The molecule has 6 atom stereocenters. The van der Waals surface area contributed by atoms with Gasteiger partial charge in [-0.25, -0.2) is 0 Å². The first kappa shape index (κ1) is 28.0. The van der Waals surface area contributed by atoms with Crippen LogP contribution >= 0.6 is 0 Å². The Morgan fingerprint density at radius 3 is 1.14 bits per heavy atom. The minimum Gasteiger partial charge on any atom is -0.0654 e. The number of hydrogen-bond acceptors (Lipinski definition) is 0. The molecule has 0 fully saturated rings. The van der Waals surface area contributed by atoms with E-state index in [1.54, 1.807) is 0 Å². The van der Waals surface area contributed by atoms with Crippen LogP contribution in [-0.4, -0.2) is 0 Å². The molecule has 0 aliphatic carbocycles. The van der Waals surface area contributed by atoms with Crippen molar-refractivity contribution < 1.29 is 0 Å². The van der Waals surface area contributed by atoms with Crippen molar-refractivity contribution in [2.75, 3.05) is 0 Å². The van der Waals surface area contributed by atoms with Gasteiger partial charge >= 0.3 is 0 Å². The molecule has 0 rings (SSSR count). The van der Waals surface area contributed by atoms with Gasteiger partial charge in [0.15, 0.2) is 0 Å². The lowest BCUT2D eigenvalue weighted by molar-refractivity contribution is 0.292. The second-order valence-electron chi connectivity index (χ2n) is 11.1. The Morgan fingerprint density at radius 2 is 0.714 bits per heavy atom. The average molecular weight is 395 g/mol. The summed E-state index contributed by atoms with van der Waals surface area (Å²) in [6.45, 7) is 19.5. The smallest absolute Gasteiger partial charge is 0.0438 e. The Balaban J connectivity index is 3.73. The zero-order chi connectivity index (χ0) is 21.4. The SMILES string of the molecule is CCCCC(C)CC(C)CCCCCC(C)CC(C)CC(C)CC(C)CCC. The first-order chi connectivity index (χ1) is 13.3. The molecule has 0 amide bonds. The zero-order valence-electron chi connectivity index (χ0n) is 21.4. The fourth-order valence-electron chi connectivity index (χ4n) is 5.62. The van der Waals surface area contributed by atoms with Crippen molar-refractivity contribution in [2.24, 2.45) is 35.5 Å². The molecule has 0 N–H and O–H groups in total. The molecule has 0 saturated heterocycles. The van der Waals surface area contributed by atoms with Crippen molar-refractivity contribution >= 4 is 0 Å². The van der Waals surface area contributed by atoms with Gasteiger partial charge in [-0.2, -0.15) is 0 Å². The Kier molecular flexibility index (Phi) is 17.8. The van der Waals surface area contributed by atoms with E-state index >= 15 is 0 Å². The van der Waals surface area contributed by atoms with Crippen molar-refractivity contribution in [2.45, 2.75) is 145 Å². The molecule has 6 unspecified atom stereocenters. The van der Waals surface area contributed by atoms with Crippen LogP contribution in [0.5, 0.6) is 0 Å². The van der Waals surface area contributed by atoms with Gasteiger partial charge in [0.25, 0.3) is 0 Å². The third-order valence-corrected chi connectivity index (χ3v) is 6.94. The van der Waals surface area contributed by atoms with Crippen LogP contribution in [0.25, 0.3) is 0 Å². The van der Waals surface area contributed by atoms with Crippen LogP contribution in [-0.2, 0) is 0 Å². The van der Waals surface area contributed by atoms with Gasteiger partial charge in [0.05, 0.1) is 0 Å². The maximum absolute atomic E-state index is 2.50. The summed E-state index contributed by atoms with van der Waals surface area (Å²) >= 11 is 0. The summed E-state index contributed by atoms with van der Waals surface area (Å²) in [5.41, 5.74) is 0. The molecule has 0 bridgehead atoms. The highest BCUT2D eigenvalue weighted by atomic mass is 14.2. The molecular formula is C28H58. The van der Waals surface area contributed by atoms with Crippen molar-refractivity contribution in [3.63, 3.8) is 0 Å². The Hall–Kier alpha value is 0. The number of rotatable bonds is 19. The molecule has 0 heteroatoms. The highest BCUT2D eigenvalue weighted by Crippen LogP contribution is 2.28. The molecule has 170 valence electrons. The largest absolute Gasteiger partial charge is 0.0654 e. The van der Waals surface area contributed by atoms with E-state index in [0.29, 0.717) is 0 Å². The molecule has 28 heavy (non-hydrogen) atoms. The number of hydrogen-bond donors (Lipinski definition) is 0. The summed E-state index contributed by atoms with van der Waals surface area (Å²) in [6.07, 6.45) is 20.0. The number of unbranched alkanes of at least 4 members (excludes halogenated alkanes) is 3. The Labute approximate surface area is 181 Å². The zero-order valence-corrected chi connectivity index (χ0v) is 21.4. The van der Waals surface area contributed by atoms with Gasteiger partial charge < -0.3 is 0 Å². The summed E-state index contributed by atoms with van der Waals surface area (Å²) in [6, 6.07) is 0. The van der Waals surface area contributed by atoms with Crippen LogP contribution in [0.2, 0.25) is 0 Å². The van der Waals surface area contributed by atoms with E-state index in [1.807, 2.05) is 0 Å². The lowest BCUT2D eigenvalue weighted by Gasteiger charge is -2.23. The van der Waals surface area contributed by atoms with E-state index in [-0.39, 0.29) is 0 Å². The fraction of sp³-hybridized carbons (Fsp3) is 1.00. The van der Waals surface area contributed by atoms with Crippen LogP contribution in [0, 0.1) is 35.5 Å². The quantitative estimate of drug-likeness (QED) is 0.191. The summed E-state index contributed by atoms with van der Waals surface area (Å²) in [4.78, 5) is 0. The topological polar surface area (TPSA) is 0 Å². The van der Waals surface area contributed by atoms with Crippen LogP contribution in [0.15, 0.2) is 0 Å². The van der Waals surface area contributed by atoms with E-state index in [0.717, 1.165) is 35.5 Å². The molecule has 0 aliphatic rings. The summed E-state index contributed by atoms with van der Waals surface area (Å²) in [5, 5.41) is 0. The summed E-state index contributed by atoms with van der Waals surface area (Å²) < 4.78 is 0. The summed E-state index contributed by atoms with van der Waals surface area (Å²) in [5.74, 6) is 5.52. The standard InChI is InChI=1S/C28H58/c1-9-11-16-24(4)19-25(5)17-13-12-14-18-26(6)21-28(8)22-27(7)20-23(3)15-10-2/h23-28H,9-22H2,1-8H3. The second-order valence-corrected chi connectivity index (χ2v) is 11.1. The van der Waals surface area contributed by atoms with Gasteiger partial charge in [-0.05, 0) is 61.2 Å². The second kappa shape index (κ2) is 17.8. The summed E-state index contributed by atoms with van der Waals surface area (Å²) in [7, 11) is 0. The van der Waals surface area contributed by atoms with E-state index in [1.165, 1.54) is 89.9 Å². The highest BCUT2D eigenvalue weighted by molar-refractivity contribution is 4.67. The Bertz CT molecular complexity index is 320. The van der Waals surface area contributed by atoms with E-state index in [9.17, 15) is 0 Å². The van der Waals surface area contributed by atoms with Crippen LogP contribution < -0.4 is 0 Å². The molecule has 0 aromatic heterocycles. The van der Waals surface area contributed by atoms with Crippen molar-refractivity contribution in [1.82, 2.24) is 0 Å². The molecule has 0 heterocycles. The third kappa shape index (κ3) is 16.9. The molecule has 0 radical (unpaired) electrons. The lowest BCUT2D eigenvalue weighted by Crippen LogP contribution is -2.10. The maximum atomic E-state index is 2.50. The Morgan fingerprint density at radius 1 is 0.357 bits per heavy atom. The molecule has 0 aromatic carbocycles. The maximum Gasteiger partial charge on any atom is -0.0438 e. The van der Waals surface area contributed by atoms with Gasteiger partial charge in [-0.1, -0.05) is 120 Å².